The molecular weight excluding hydrogens is 200 g/mol. The smallest absolute Gasteiger partial charge is 0.281 e. The molecule has 1 rings (SSSR count). The van der Waals surface area contributed by atoms with Gasteiger partial charge in [-0.2, -0.15) is 0 Å². The Morgan fingerprint density at radius 3 is 2.69 bits per heavy atom. The molecule has 0 aliphatic carbocycles. The van der Waals surface area contributed by atoms with Crippen molar-refractivity contribution in [1.29, 1.82) is 0 Å². The van der Waals surface area contributed by atoms with Crippen LogP contribution >= 0.6 is 11.6 Å². The van der Waals surface area contributed by atoms with Crippen LogP contribution < -0.4 is 0 Å². The van der Waals surface area contributed by atoms with Gasteiger partial charge in [0.15, 0.2) is 0 Å². The third-order valence-electron chi connectivity index (χ3n) is 1.68. The standard InChI is InChI=1S/C8H8ClF2NO/c1-4-5(3-13)2-6(9)7(12-4)8(10)11/h2,8,13H,3H2,1H3. The second-order valence-corrected chi connectivity index (χ2v) is 2.97. The van der Waals surface area contributed by atoms with Gasteiger partial charge in [0.25, 0.3) is 6.43 Å². The summed E-state index contributed by atoms with van der Waals surface area (Å²) in [6, 6.07) is 1.31. The minimum atomic E-state index is -2.68. The van der Waals surface area contributed by atoms with Gasteiger partial charge >= 0.3 is 0 Å². The van der Waals surface area contributed by atoms with Crippen LogP contribution in [0.15, 0.2) is 6.07 Å². The van der Waals surface area contributed by atoms with Crippen molar-refractivity contribution in [3.8, 4) is 0 Å². The minimum absolute atomic E-state index is 0.107. The molecule has 0 fully saturated rings. The van der Waals surface area contributed by atoms with Gasteiger partial charge in [-0.05, 0) is 13.0 Å². The molecule has 0 unspecified atom stereocenters. The Bertz CT molecular complexity index is 317. The normalized spacial score (nSPS) is 10.9. The Balaban J connectivity index is 3.20. The average molecular weight is 208 g/mol. The fourth-order valence-corrected chi connectivity index (χ4v) is 1.21. The third kappa shape index (κ3) is 2.14. The topological polar surface area (TPSA) is 33.1 Å². The van der Waals surface area contributed by atoms with Crippen LogP contribution in [0.1, 0.15) is 23.4 Å². The van der Waals surface area contributed by atoms with Crippen molar-refractivity contribution in [2.45, 2.75) is 20.0 Å². The van der Waals surface area contributed by atoms with E-state index in [4.69, 9.17) is 16.7 Å². The molecule has 0 amide bonds. The number of rotatable bonds is 2. The molecule has 1 aromatic heterocycles. The van der Waals surface area contributed by atoms with Crippen molar-refractivity contribution in [1.82, 2.24) is 4.98 Å². The number of hydrogen-bond donors (Lipinski definition) is 1. The molecule has 0 aromatic carbocycles. The zero-order valence-electron chi connectivity index (χ0n) is 6.89. The van der Waals surface area contributed by atoms with Gasteiger partial charge in [-0.25, -0.2) is 8.78 Å². The van der Waals surface area contributed by atoms with Crippen LogP contribution in [0, 0.1) is 6.92 Å². The second kappa shape index (κ2) is 3.98. The molecule has 13 heavy (non-hydrogen) atoms. The summed E-state index contributed by atoms with van der Waals surface area (Å²) >= 11 is 5.52. The van der Waals surface area contributed by atoms with Crippen LogP contribution in [0.2, 0.25) is 5.02 Å². The maximum absolute atomic E-state index is 12.2. The van der Waals surface area contributed by atoms with Gasteiger partial charge in [-0.1, -0.05) is 11.6 Å². The lowest BCUT2D eigenvalue weighted by molar-refractivity contribution is 0.146. The van der Waals surface area contributed by atoms with Crippen LogP contribution in [-0.4, -0.2) is 10.1 Å². The molecule has 1 heterocycles. The van der Waals surface area contributed by atoms with Crippen LogP contribution in [0.25, 0.3) is 0 Å². The molecule has 0 radical (unpaired) electrons. The largest absolute Gasteiger partial charge is 0.392 e. The summed E-state index contributed by atoms with van der Waals surface area (Å²) < 4.78 is 24.5. The lowest BCUT2D eigenvalue weighted by Gasteiger charge is -2.06. The van der Waals surface area contributed by atoms with Crippen molar-refractivity contribution in [3.05, 3.63) is 28.0 Å². The first-order valence-electron chi connectivity index (χ1n) is 3.61. The Morgan fingerprint density at radius 2 is 2.23 bits per heavy atom. The van der Waals surface area contributed by atoms with Gasteiger partial charge < -0.3 is 5.11 Å². The number of nitrogens with zero attached hydrogens (tertiary/aromatic N) is 1. The van der Waals surface area contributed by atoms with Crippen LogP contribution in [0.3, 0.4) is 0 Å². The summed E-state index contributed by atoms with van der Waals surface area (Å²) in [5.41, 5.74) is 0.410. The van der Waals surface area contributed by atoms with Crippen molar-refractivity contribution in [2.24, 2.45) is 0 Å². The molecule has 72 valence electrons. The van der Waals surface area contributed by atoms with E-state index in [1.54, 1.807) is 6.92 Å². The summed E-state index contributed by atoms with van der Waals surface area (Å²) in [6.45, 7) is 1.30. The molecule has 0 atom stereocenters. The zero-order valence-corrected chi connectivity index (χ0v) is 7.65. The van der Waals surface area contributed by atoms with E-state index in [9.17, 15) is 8.78 Å². The van der Waals surface area contributed by atoms with Crippen LogP contribution in [-0.2, 0) is 6.61 Å². The van der Waals surface area contributed by atoms with Gasteiger partial charge in [-0.3, -0.25) is 4.98 Å². The van der Waals surface area contributed by atoms with Gasteiger partial charge in [-0.15, -0.1) is 0 Å². The highest BCUT2D eigenvalue weighted by Gasteiger charge is 2.15. The molecule has 0 saturated heterocycles. The van der Waals surface area contributed by atoms with Gasteiger partial charge in [0.2, 0.25) is 0 Å². The van der Waals surface area contributed by atoms with E-state index in [0.717, 1.165) is 0 Å². The molecule has 5 heteroatoms. The Labute approximate surface area is 79.2 Å². The SMILES string of the molecule is Cc1nc(C(F)F)c(Cl)cc1CO. The summed E-state index contributed by atoms with van der Waals surface area (Å²) in [5.74, 6) is 0. The van der Waals surface area contributed by atoms with E-state index in [1.165, 1.54) is 6.07 Å². The molecule has 0 spiro atoms. The summed E-state index contributed by atoms with van der Waals surface area (Å²) in [7, 11) is 0. The number of halogens is 3. The van der Waals surface area contributed by atoms with E-state index in [0.29, 0.717) is 11.3 Å². The van der Waals surface area contributed by atoms with Crippen molar-refractivity contribution in [3.63, 3.8) is 0 Å². The quantitative estimate of drug-likeness (QED) is 0.808. The van der Waals surface area contributed by atoms with Crippen molar-refractivity contribution >= 4 is 11.6 Å². The first-order valence-corrected chi connectivity index (χ1v) is 3.99. The maximum Gasteiger partial charge on any atom is 0.281 e. The summed E-state index contributed by atoms with van der Waals surface area (Å²) in [4.78, 5) is 3.60. The first kappa shape index (κ1) is 10.3. The Morgan fingerprint density at radius 1 is 1.62 bits per heavy atom. The number of hydrogen-bond acceptors (Lipinski definition) is 2. The van der Waals surface area contributed by atoms with Crippen LogP contribution in [0.4, 0.5) is 8.78 Å². The molecule has 2 nitrogen and oxygen atoms in total. The summed E-state index contributed by atoms with van der Waals surface area (Å²) in [5, 5.41) is 8.68. The number of aliphatic hydroxyl groups excluding tert-OH is 1. The molecule has 1 aromatic rings. The molecule has 0 bridgehead atoms. The van der Waals surface area contributed by atoms with E-state index in [-0.39, 0.29) is 11.6 Å². The monoisotopic (exact) mass is 207 g/mol. The van der Waals surface area contributed by atoms with E-state index in [1.807, 2.05) is 0 Å². The van der Waals surface area contributed by atoms with Crippen LogP contribution in [0.5, 0.6) is 0 Å². The number of alkyl halides is 2. The fourth-order valence-electron chi connectivity index (χ4n) is 0.950. The van der Waals surface area contributed by atoms with Gasteiger partial charge in [0.1, 0.15) is 5.69 Å². The van der Waals surface area contributed by atoms with Crippen molar-refractivity contribution in [2.75, 3.05) is 0 Å². The fraction of sp³-hybridized carbons (Fsp3) is 0.375. The van der Waals surface area contributed by atoms with E-state index in [2.05, 4.69) is 4.98 Å². The van der Waals surface area contributed by atoms with E-state index < -0.39 is 12.1 Å². The Hall–Kier alpha value is -0.740. The number of aliphatic hydroxyl groups is 1. The average Bonchev–Trinajstić information content (AvgIpc) is 2.07. The molecule has 0 saturated carbocycles. The van der Waals surface area contributed by atoms with Gasteiger partial charge in [0.05, 0.1) is 11.6 Å². The third-order valence-corrected chi connectivity index (χ3v) is 1.98. The molecule has 0 aliphatic rings. The lowest BCUT2D eigenvalue weighted by atomic mass is 10.2. The summed E-state index contributed by atoms with van der Waals surface area (Å²) in [6.07, 6.45) is -2.68. The van der Waals surface area contributed by atoms with E-state index >= 15 is 0 Å². The highest BCUT2D eigenvalue weighted by Crippen LogP contribution is 2.26. The highest BCUT2D eigenvalue weighted by atomic mass is 35.5. The number of aryl methyl sites for hydroxylation is 1. The Kier molecular flexibility index (Phi) is 3.17. The molecular formula is C8H8ClF2NO. The molecule has 0 aliphatic heterocycles. The lowest BCUT2D eigenvalue weighted by Crippen LogP contribution is -1.99. The minimum Gasteiger partial charge on any atom is -0.392 e. The predicted molar refractivity (Wildman–Crippen MR) is 44.9 cm³/mol. The van der Waals surface area contributed by atoms with Gasteiger partial charge in [0, 0.05) is 11.3 Å². The predicted octanol–water partition coefficient (Wildman–Crippen LogP) is 2.47. The first-order chi connectivity index (χ1) is 6.06. The maximum atomic E-state index is 12.2. The number of pyridine rings is 1. The zero-order chi connectivity index (χ0) is 10.0. The van der Waals surface area contributed by atoms with Crippen molar-refractivity contribution < 1.29 is 13.9 Å². The second-order valence-electron chi connectivity index (χ2n) is 2.56. The molecule has 1 N–H and O–H groups in total. The number of aromatic nitrogens is 1. The highest BCUT2D eigenvalue weighted by molar-refractivity contribution is 6.31.